The van der Waals surface area contributed by atoms with Gasteiger partial charge in [-0.25, -0.2) is 14.6 Å². The van der Waals surface area contributed by atoms with Crippen molar-refractivity contribution in [1.29, 1.82) is 0 Å². The van der Waals surface area contributed by atoms with Gasteiger partial charge in [-0.05, 0) is 37.4 Å². The maximum Gasteiger partial charge on any atom is 0.251 e. The zero-order valence-corrected chi connectivity index (χ0v) is 18.2. The smallest absolute Gasteiger partial charge is 0.251 e. The van der Waals surface area contributed by atoms with Crippen molar-refractivity contribution in [3.05, 3.63) is 36.0 Å². The van der Waals surface area contributed by atoms with Crippen LogP contribution in [0.25, 0.3) is 11.0 Å². The van der Waals surface area contributed by atoms with E-state index in [9.17, 15) is 4.79 Å². The van der Waals surface area contributed by atoms with E-state index < -0.39 is 0 Å². The second-order valence-corrected chi connectivity index (χ2v) is 7.07. The van der Waals surface area contributed by atoms with Crippen LogP contribution in [0.4, 0.5) is 5.82 Å². The second-order valence-electron chi connectivity index (χ2n) is 6.30. The Labute approximate surface area is 179 Å². The summed E-state index contributed by atoms with van der Waals surface area (Å²) >= 11 is 1.47. The highest BCUT2D eigenvalue weighted by atomic mass is 32.2. The summed E-state index contributed by atoms with van der Waals surface area (Å²) in [6.07, 6.45) is 3.67. The Hall–Kier alpha value is -2.85. The van der Waals surface area contributed by atoms with E-state index in [0.29, 0.717) is 43.6 Å². The average Bonchev–Trinajstić information content (AvgIpc) is 3.17. The Bertz CT molecular complexity index is 977. The van der Waals surface area contributed by atoms with E-state index in [1.165, 1.54) is 11.8 Å². The normalized spacial score (nSPS) is 10.9. The van der Waals surface area contributed by atoms with E-state index in [4.69, 9.17) is 9.47 Å². The van der Waals surface area contributed by atoms with Crippen LogP contribution in [0, 0.1) is 0 Å². The SMILES string of the molecule is CCOc1ccc(C(=O)NCCn2ncc3c(NCCOC)nc(SC)nc32)cc1. The maximum absolute atomic E-state index is 12.4. The minimum Gasteiger partial charge on any atom is -0.494 e. The molecule has 3 rings (SSSR count). The fraction of sp³-hybridized carbons (Fsp3) is 0.400. The molecule has 9 nitrogen and oxygen atoms in total. The first-order valence-electron chi connectivity index (χ1n) is 9.67. The summed E-state index contributed by atoms with van der Waals surface area (Å²) < 4.78 is 12.3. The Morgan fingerprint density at radius 2 is 2.00 bits per heavy atom. The van der Waals surface area contributed by atoms with Crippen LogP contribution < -0.4 is 15.4 Å². The molecule has 1 aromatic carbocycles. The van der Waals surface area contributed by atoms with Crippen molar-refractivity contribution in [3.8, 4) is 5.75 Å². The summed E-state index contributed by atoms with van der Waals surface area (Å²) in [5, 5.41) is 12.1. The van der Waals surface area contributed by atoms with Crippen LogP contribution in [0.1, 0.15) is 17.3 Å². The molecule has 160 valence electrons. The Balaban J connectivity index is 1.65. The number of benzene rings is 1. The molecule has 0 spiro atoms. The summed E-state index contributed by atoms with van der Waals surface area (Å²) in [7, 11) is 1.66. The highest BCUT2D eigenvalue weighted by Gasteiger charge is 2.13. The number of carbonyl (C=O) groups excluding carboxylic acids is 1. The number of amides is 1. The van der Waals surface area contributed by atoms with E-state index in [2.05, 4.69) is 25.7 Å². The first-order valence-corrected chi connectivity index (χ1v) is 10.9. The number of rotatable bonds is 11. The quantitative estimate of drug-likeness (QED) is 0.272. The summed E-state index contributed by atoms with van der Waals surface area (Å²) in [5.41, 5.74) is 1.31. The Kier molecular flexibility index (Phi) is 7.86. The van der Waals surface area contributed by atoms with Crippen molar-refractivity contribution in [2.45, 2.75) is 18.6 Å². The number of hydrogen-bond acceptors (Lipinski definition) is 8. The van der Waals surface area contributed by atoms with Gasteiger partial charge in [-0.1, -0.05) is 11.8 Å². The van der Waals surface area contributed by atoms with Crippen molar-refractivity contribution in [1.82, 2.24) is 25.1 Å². The molecule has 0 unspecified atom stereocenters. The van der Waals surface area contributed by atoms with Crippen molar-refractivity contribution in [2.75, 3.05) is 45.0 Å². The maximum atomic E-state index is 12.4. The van der Waals surface area contributed by atoms with Crippen LogP contribution in [0.5, 0.6) is 5.75 Å². The number of anilines is 1. The lowest BCUT2D eigenvalue weighted by Crippen LogP contribution is -2.27. The number of fused-ring (bicyclic) bond motifs is 1. The molecular weight excluding hydrogens is 404 g/mol. The fourth-order valence-corrected chi connectivity index (χ4v) is 3.20. The lowest BCUT2D eigenvalue weighted by Gasteiger charge is -2.09. The van der Waals surface area contributed by atoms with Crippen molar-refractivity contribution in [3.63, 3.8) is 0 Å². The summed E-state index contributed by atoms with van der Waals surface area (Å²) in [6, 6.07) is 7.08. The van der Waals surface area contributed by atoms with Gasteiger partial charge in [0.05, 0.1) is 31.3 Å². The predicted octanol–water partition coefficient (Wildman–Crippen LogP) is 2.44. The molecule has 10 heteroatoms. The average molecular weight is 431 g/mol. The summed E-state index contributed by atoms with van der Waals surface area (Å²) in [5.74, 6) is 1.33. The van der Waals surface area contributed by atoms with Gasteiger partial charge < -0.3 is 20.1 Å². The van der Waals surface area contributed by atoms with E-state index in [-0.39, 0.29) is 5.91 Å². The first kappa shape index (κ1) is 21.8. The topological polar surface area (TPSA) is 103 Å². The minimum atomic E-state index is -0.143. The van der Waals surface area contributed by atoms with Crippen molar-refractivity contribution >= 4 is 34.5 Å². The van der Waals surface area contributed by atoms with Gasteiger partial charge in [-0.15, -0.1) is 0 Å². The van der Waals surface area contributed by atoms with Crippen LogP contribution >= 0.6 is 11.8 Å². The van der Waals surface area contributed by atoms with Gasteiger partial charge in [0.1, 0.15) is 11.6 Å². The number of hydrogen-bond donors (Lipinski definition) is 2. The third-order valence-corrected chi connectivity index (χ3v) is 4.84. The van der Waals surface area contributed by atoms with Crippen molar-refractivity contribution < 1.29 is 14.3 Å². The van der Waals surface area contributed by atoms with Crippen LogP contribution in [0.3, 0.4) is 0 Å². The fourth-order valence-electron chi connectivity index (χ4n) is 2.84. The molecule has 0 aliphatic carbocycles. The Morgan fingerprint density at radius 3 is 2.70 bits per heavy atom. The molecule has 0 radical (unpaired) electrons. The zero-order valence-electron chi connectivity index (χ0n) is 17.3. The van der Waals surface area contributed by atoms with E-state index >= 15 is 0 Å². The first-order chi connectivity index (χ1) is 14.7. The number of nitrogens with one attached hydrogen (secondary N) is 2. The molecule has 0 aliphatic rings. The minimum absolute atomic E-state index is 0.143. The number of carbonyl (C=O) groups is 1. The van der Waals surface area contributed by atoms with Gasteiger partial charge in [0.2, 0.25) is 0 Å². The number of methoxy groups -OCH3 is 1. The number of aromatic nitrogens is 4. The molecule has 0 atom stereocenters. The second kappa shape index (κ2) is 10.8. The van der Waals surface area contributed by atoms with E-state index in [1.807, 2.05) is 13.2 Å². The lowest BCUT2D eigenvalue weighted by atomic mass is 10.2. The third kappa shape index (κ3) is 5.39. The van der Waals surface area contributed by atoms with Gasteiger partial charge in [0.15, 0.2) is 10.8 Å². The van der Waals surface area contributed by atoms with Gasteiger partial charge in [-0.3, -0.25) is 4.79 Å². The van der Waals surface area contributed by atoms with Gasteiger partial charge in [0, 0.05) is 25.8 Å². The largest absolute Gasteiger partial charge is 0.494 e. The summed E-state index contributed by atoms with van der Waals surface area (Å²) in [6.45, 7) is 4.65. The molecule has 2 heterocycles. The Morgan fingerprint density at radius 1 is 1.20 bits per heavy atom. The molecule has 2 aromatic heterocycles. The predicted molar refractivity (Wildman–Crippen MR) is 117 cm³/mol. The molecule has 1 amide bonds. The molecule has 0 saturated heterocycles. The van der Waals surface area contributed by atoms with Gasteiger partial charge in [0.25, 0.3) is 5.91 Å². The number of ether oxygens (including phenoxy) is 2. The molecule has 3 aromatic rings. The molecular formula is C20H26N6O3S. The van der Waals surface area contributed by atoms with Crippen LogP contribution in [0.2, 0.25) is 0 Å². The van der Waals surface area contributed by atoms with Crippen molar-refractivity contribution in [2.24, 2.45) is 0 Å². The molecule has 2 N–H and O–H groups in total. The van der Waals surface area contributed by atoms with Gasteiger partial charge >= 0.3 is 0 Å². The molecule has 0 saturated carbocycles. The molecule has 30 heavy (non-hydrogen) atoms. The highest BCUT2D eigenvalue weighted by Crippen LogP contribution is 2.23. The third-order valence-electron chi connectivity index (χ3n) is 4.29. The lowest BCUT2D eigenvalue weighted by molar-refractivity contribution is 0.0952. The van der Waals surface area contributed by atoms with Crippen LogP contribution in [0.15, 0.2) is 35.6 Å². The number of thioether (sulfide) groups is 1. The number of nitrogens with zero attached hydrogens (tertiary/aromatic N) is 4. The van der Waals surface area contributed by atoms with Crippen LogP contribution in [-0.2, 0) is 11.3 Å². The van der Waals surface area contributed by atoms with E-state index in [0.717, 1.165) is 22.6 Å². The monoisotopic (exact) mass is 430 g/mol. The standard InChI is InChI=1S/C20H26N6O3S/c1-4-29-15-7-5-14(6-8-15)19(27)22-9-11-26-18-16(13-23-26)17(21-10-12-28-2)24-20(25-18)30-3/h5-8,13H,4,9-12H2,1-3H3,(H,22,27)(H,21,24,25). The molecule has 0 bridgehead atoms. The van der Waals surface area contributed by atoms with Gasteiger partial charge in [-0.2, -0.15) is 5.10 Å². The van der Waals surface area contributed by atoms with Crippen LogP contribution in [-0.4, -0.2) is 65.3 Å². The highest BCUT2D eigenvalue weighted by molar-refractivity contribution is 7.98. The molecule has 0 aliphatic heterocycles. The zero-order chi connectivity index (χ0) is 21.3. The molecule has 0 fully saturated rings. The summed E-state index contributed by atoms with van der Waals surface area (Å²) in [4.78, 5) is 21.5. The van der Waals surface area contributed by atoms with E-state index in [1.54, 1.807) is 42.3 Å².